The fourth-order valence-electron chi connectivity index (χ4n) is 6.95. The number of imidazole rings is 1. The van der Waals surface area contributed by atoms with Gasteiger partial charge in [-0.2, -0.15) is 5.26 Å². The first-order valence-electron chi connectivity index (χ1n) is 16.2. The van der Waals surface area contributed by atoms with Gasteiger partial charge in [-0.1, -0.05) is 18.3 Å². The number of ketones is 1. The Bertz CT molecular complexity index is 1960. The van der Waals surface area contributed by atoms with Crippen molar-refractivity contribution in [3.63, 3.8) is 0 Å². The predicted octanol–water partition coefficient (Wildman–Crippen LogP) is 6.81. The molecule has 47 heavy (non-hydrogen) atoms. The Balaban J connectivity index is 1.11. The van der Waals surface area contributed by atoms with Crippen molar-refractivity contribution in [2.24, 2.45) is 11.8 Å². The number of Topliss-reactive ketones (excluding diaryl/α,β-unsaturated/α-hetero) is 1. The zero-order valence-corrected chi connectivity index (χ0v) is 27.3. The summed E-state index contributed by atoms with van der Waals surface area (Å²) in [7, 11) is 1.92. The van der Waals surface area contributed by atoms with Crippen LogP contribution in [-0.4, -0.2) is 56.5 Å². The number of thiazole rings is 1. The van der Waals surface area contributed by atoms with E-state index in [-0.39, 0.29) is 23.8 Å². The third-order valence-corrected chi connectivity index (χ3v) is 10.6. The highest BCUT2D eigenvalue weighted by Gasteiger charge is 2.34. The number of piperidine rings is 1. The second-order valence-corrected chi connectivity index (χ2v) is 13.4. The van der Waals surface area contributed by atoms with Crippen LogP contribution in [0.3, 0.4) is 0 Å². The molecule has 5 aromatic rings. The van der Waals surface area contributed by atoms with E-state index in [2.05, 4.69) is 34.6 Å². The molecule has 1 N–H and O–H groups in total. The molecule has 1 aliphatic carbocycles. The monoisotopic (exact) mass is 649 g/mol. The topological polar surface area (TPSA) is 111 Å². The summed E-state index contributed by atoms with van der Waals surface area (Å²) in [5.41, 5.74) is 4.88. The van der Waals surface area contributed by atoms with Crippen LogP contribution in [0.2, 0.25) is 0 Å². The Hall–Kier alpha value is -4.66. The van der Waals surface area contributed by atoms with Gasteiger partial charge in [0.25, 0.3) is 0 Å². The van der Waals surface area contributed by atoms with Gasteiger partial charge >= 0.3 is 0 Å². The number of hydrogen-bond donors (Lipinski definition) is 1. The van der Waals surface area contributed by atoms with Crippen LogP contribution in [-0.2, 0) is 11.2 Å². The number of anilines is 3. The van der Waals surface area contributed by atoms with E-state index in [9.17, 15) is 19.6 Å². The van der Waals surface area contributed by atoms with Gasteiger partial charge in [-0.25, -0.2) is 19.3 Å². The normalized spacial score (nSPS) is 18.5. The maximum absolute atomic E-state index is 13.6. The van der Waals surface area contributed by atoms with Crippen LogP contribution in [0.5, 0.6) is 0 Å². The van der Waals surface area contributed by atoms with E-state index < -0.39 is 0 Å². The number of aliphatic hydroxyl groups excluding tert-OH is 1. The molecule has 7 rings (SSSR count). The number of rotatable bonds is 8. The standard InChI is InChI=1S/C36H36FN7O2S/c1-3-29-35(42(2)36-41-33(30(19-38)47-36)22-4-9-27(37)10-5-22)44-21-26(8-13-32(44)40-29)25-7-12-31(39-20-25)43-16-14-23(15-17-43)34(46)24-6-11-28(45)18-24/h4-5,7-10,12-13,20-21,23-24,28,45H,3,6,11,14-18H2,1-2H3/t24?,28-/m1/s1. The molecule has 0 amide bonds. The maximum atomic E-state index is 13.6. The number of carbonyl (C=O) groups is 1. The minimum Gasteiger partial charge on any atom is -0.393 e. The number of aliphatic hydroxyl groups is 1. The summed E-state index contributed by atoms with van der Waals surface area (Å²) < 4.78 is 15.6. The van der Waals surface area contributed by atoms with Gasteiger partial charge in [-0.3, -0.25) is 9.20 Å². The number of aromatic nitrogens is 4. The van der Waals surface area contributed by atoms with E-state index in [1.807, 2.05) is 36.3 Å². The van der Waals surface area contributed by atoms with Crippen molar-refractivity contribution in [2.75, 3.05) is 29.9 Å². The van der Waals surface area contributed by atoms with Gasteiger partial charge in [0, 0.05) is 61.1 Å². The number of aryl methyl sites for hydroxylation is 1. The number of nitriles is 1. The van der Waals surface area contributed by atoms with Crippen LogP contribution < -0.4 is 9.80 Å². The molecule has 0 bridgehead atoms. The second kappa shape index (κ2) is 12.9. The van der Waals surface area contributed by atoms with Crippen molar-refractivity contribution in [1.82, 2.24) is 19.4 Å². The van der Waals surface area contributed by atoms with Crippen LogP contribution in [0.25, 0.3) is 28.0 Å². The number of pyridine rings is 2. The first-order chi connectivity index (χ1) is 22.8. The molecule has 1 aliphatic heterocycles. The number of hydrogen-bond acceptors (Lipinski definition) is 9. The van der Waals surface area contributed by atoms with Crippen molar-refractivity contribution in [3.05, 3.63) is 77.3 Å². The van der Waals surface area contributed by atoms with Gasteiger partial charge in [-0.05, 0) is 87.1 Å². The Morgan fingerprint density at radius 1 is 1.02 bits per heavy atom. The molecule has 2 fully saturated rings. The first-order valence-corrected chi connectivity index (χ1v) is 17.0. The minimum absolute atomic E-state index is 0.0241. The number of fused-ring (bicyclic) bond motifs is 1. The summed E-state index contributed by atoms with van der Waals surface area (Å²) in [6.45, 7) is 3.65. The Morgan fingerprint density at radius 2 is 1.77 bits per heavy atom. The molecule has 1 saturated heterocycles. The minimum atomic E-state index is -0.339. The van der Waals surface area contributed by atoms with Crippen molar-refractivity contribution in [1.29, 1.82) is 5.26 Å². The van der Waals surface area contributed by atoms with Crippen LogP contribution in [0.1, 0.15) is 49.6 Å². The zero-order valence-electron chi connectivity index (χ0n) is 26.4. The quantitative estimate of drug-likeness (QED) is 0.195. The fraction of sp³-hybridized carbons (Fsp3) is 0.361. The molecule has 2 aliphatic rings. The average molecular weight is 650 g/mol. The molecule has 0 spiro atoms. The molecule has 0 radical (unpaired) electrons. The maximum Gasteiger partial charge on any atom is 0.192 e. The molecule has 2 atom stereocenters. The first kappa shape index (κ1) is 31.0. The number of halogens is 1. The summed E-state index contributed by atoms with van der Waals surface area (Å²) in [5.74, 6) is 1.87. The molecule has 1 unspecified atom stereocenters. The fourth-order valence-corrected chi connectivity index (χ4v) is 7.80. The highest BCUT2D eigenvalue weighted by molar-refractivity contribution is 7.16. The molecule has 5 heterocycles. The molecule has 1 saturated carbocycles. The summed E-state index contributed by atoms with van der Waals surface area (Å²) in [5, 5.41) is 20.4. The lowest BCUT2D eigenvalue weighted by molar-refractivity contribution is -0.127. The Morgan fingerprint density at radius 3 is 2.43 bits per heavy atom. The molecular weight excluding hydrogens is 614 g/mol. The molecule has 4 aromatic heterocycles. The van der Waals surface area contributed by atoms with Gasteiger partial charge in [0.1, 0.15) is 45.5 Å². The Kier molecular flexibility index (Phi) is 8.47. The van der Waals surface area contributed by atoms with E-state index in [0.29, 0.717) is 39.9 Å². The van der Waals surface area contributed by atoms with E-state index >= 15 is 0 Å². The molecule has 1 aromatic carbocycles. The summed E-state index contributed by atoms with van der Waals surface area (Å²) in [6, 6.07) is 16.4. The van der Waals surface area contributed by atoms with Crippen molar-refractivity contribution in [3.8, 4) is 28.5 Å². The lowest BCUT2D eigenvalue weighted by Crippen LogP contribution is -2.38. The molecule has 11 heteroatoms. The van der Waals surface area contributed by atoms with E-state index in [4.69, 9.17) is 15.0 Å². The smallest absolute Gasteiger partial charge is 0.192 e. The number of benzene rings is 1. The van der Waals surface area contributed by atoms with Gasteiger partial charge in [0.2, 0.25) is 0 Å². The third-order valence-electron chi connectivity index (χ3n) is 9.55. The lowest BCUT2D eigenvalue weighted by atomic mass is 9.85. The van der Waals surface area contributed by atoms with Gasteiger partial charge < -0.3 is 14.9 Å². The molecular formula is C36H36FN7O2S. The van der Waals surface area contributed by atoms with E-state index in [1.54, 1.807) is 12.1 Å². The number of carbonyl (C=O) groups excluding carboxylic acids is 1. The summed E-state index contributed by atoms with van der Waals surface area (Å²) in [4.78, 5) is 32.1. The zero-order chi connectivity index (χ0) is 32.7. The third kappa shape index (κ3) is 5.99. The van der Waals surface area contributed by atoms with Crippen molar-refractivity contribution < 1.29 is 14.3 Å². The van der Waals surface area contributed by atoms with E-state index in [0.717, 1.165) is 72.9 Å². The van der Waals surface area contributed by atoms with Gasteiger partial charge in [0.05, 0.1) is 11.8 Å². The average Bonchev–Trinajstić information content (AvgIpc) is 3.84. The van der Waals surface area contributed by atoms with Gasteiger partial charge in [-0.15, -0.1) is 0 Å². The number of nitrogens with zero attached hydrogens (tertiary/aromatic N) is 7. The molecule has 9 nitrogen and oxygen atoms in total. The second-order valence-electron chi connectivity index (χ2n) is 12.5. The van der Waals surface area contributed by atoms with Crippen molar-refractivity contribution >= 4 is 39.5 Å². The largest absolute Gasteiger partial charge is 0.393 e. The SMILES string of the molecule is CCc1nc2ccc(-c3ccc(N4CCC(C(=O)C5CC[C@@H](O)C5)CC4)nc3)cn2c1N(C)c1nc(-c2ccc(F)cc2)c(C#N)s1. The van der Waals surface area contributed by atoms with Crippen LogP contribution in [0.4, 0.5) is 21.2 Å². The highest BCUT2D eigenvalue weighted by atomic mass is 32.1. The van der Waals surface area contributed by atoms with E-state index in [1.165, 1.54) is 23.5 Å². The summed E-state index contributed by atoms with van der Waals surface area (Å²) >= 11 is 1.29. The molecule has 240 valence electrons. The summed E-state index contributed by atoms with van der Waals surface area (Å²) in [6.07, 6.45) is 8.16. The highest BCUT2D eigenvalue weighted by Crippen LogP contribution is 2.38. The van der Waals surface area contributed by atoms with Crippen LogP contribution >= 0.6 is 11.3 Å². The predicted molar refractivity (Wildman–Crippen MR) is 181 cm³/mol. The van der Waals surface area contributed by atoms with Crippen molar-refractivity contribution in [2.45, 2.75) is 51.6 Å². The van der Waals surface area contributed by atoms with Crippen LogP contribution in [0.15, 0.2) is 60.9 Å². The Labute approximate surface area is 277 Å². The van der Waals surface area contributed by atoms with Crippen LogP contribution in [0, 0.1) is 29.0 Å². The lowest BCUT2D eigenvalue weighted by Gasteiger charge is -2.33. The van der Waals surface area contributed by atoms with Gasteiger partial charge in [0.15, 0.2) is 5.13 Å².